The molecule has 1 aromatic rings. The number of benzene rings is 1. The maximum atomic E-state index is 12.5. The number of nitrogens with one attached hydrogen (secondary N) is 2. The number of carbonyl (C=O) groups is 1. The first kappa shape index (κ1) is 17.7. The van der Waals surface area contributed by atoms with Gasteiger partial charge in [0.2, 0.25) is 5.91 Å². The van der Waals surface area contributed by atoms with Crippen LogP contribution < -0.4 is 10.6 Å². The minimum absolute atomic E-state index is 0.0106. The van der Waals surface area contributed by atoms with Crippen molar-refractivity contribution < 1.29 is 13.2 Å². The van der Waals surface area contributed by atoms with Crippen molar-refractivity contribution in [1.82, 2.24) is 15.5 Å². The SMILES string of the molecule is CN=C(NCC(=O)N1CCc2ccccc2C1)NC1CCS(=O)(=O)C1. The van der Waals surface area contributed by atoms with Crippen molar-refractivity contribution in [2.75, 3.05) is 31.6 Å². The Morgan fingerprint density at radius 1 is 1.32 bits per heavy atom. The number of rotatable bonds is 3. The molecule has 25 heavy (non-hydrogen) atoms. The molecule has 2 heterocycles. The molecule has 0 spiro atoms. The molecule has 0 saturated carbocycles. The second kappa shape index (κ2) is 7.43. The van der Waals surface area contributed by atoms with Crippen molar-refractivity contribution in [3.05, 3.63) is 35.4 Å². The molecule has 0 aromatic heterocycles. The standard InChI is InChI=1S/C17H24N4O3S/c1-18-17(20-15-7-9-25(23,24)12-15)19-10-16(22)21-8-6-13-4-2-3-5-14(13)11-21/h2-5,15H,6-12H2,1H3,(H2,18,19,20). The van der Waals surface area contributed by atoms with Gasteiger partial charge in [0, 0.05) is 26.2 Å². The van der Waals surface area contributed by atoms with Gasteiger partial charge in [0.1, 0.15) is 0 Å². The third-order valence-electron chi connectivity index (χ3n) is 4.69. The third-order valence-corrected chi connectivity index (χ3v) is 6.46. The van der Waals surface area contributed by atoms with Crippen molar-refractivity contribution in [1.29, 1.82) is 0 Å². The number of fused-ring (bicyclic) bond motifs is 1. The molecule has 7 nitrogen and oxygen atoms in total. The molecule has 2 aliphatic heterocycles. The molecule has 2 N–H and O–H groups in total. The summed E-state index contributed by atoms with van der Waals surface area (Å²) in [5.41, 5.74) is 2.50. The van der Waals surface area contributed by atoms with E-state index in [9.17, 15) is 13.2 Å². The van der Waals surface area contributed by atoms with Crippen LogP contribution in [0.5, 0.6) is 0 Å². The van der Waals surface area contributed by atoms with Gasteiger partial charge in [-0.05, 0) is 24.0 Å². The Balaban J connectivity index is 1.50. The molecule has 1 aromatic carbocycles. The van der Waals surface area contributed by atoms with Crippen LogP contribution in [0.1, 0.15) is 17.5 Å². The number of guanidine groups is 1. The van der Waals surface area contributed by atoms with Crippen LogP contribution in [0.4, 0.5) is 0 Å². The number of nitrogens with zero attached hydrogens (tertiary/aromatic N) is 2. The topological polar surface area (TPSA) is 90.9 Å². The summed E-state index contributed by atoms with van der Waals surface area (Å²) < 4.78 is 23.0. The normalized spacial score (nSPS) is 22.4. The van der Waals surface area contributed by atoms with E-state index in [1.807, 2.05) is 17.0 Å². The Bertz CT molecular complexity index is 776. The molecule has 1 unspecified atom stereocenters. The van der Waals surface area contributed by atoms with Gasteiger partial charge in [0.25, 0.3) is 0 Å². The summed E-state index contributed by atoms with van der Waals surface area (Å²) in [4.78, 5) is 18.4. The van der Waals surface area contributed by atoms with E-state index in [1.165, 1.54) is 11.1 Å². The summed E-state index contributed by atoms with van der Waals surface area (Å²) in [5.74, 6) is 0.794. The molecule has 0 bridgehead atoms. The third kappa shape index (κ3) is 4.50. The van der Waals surface area contributed by atoms with E-state index in [4.69, 9.17) is 0 Å². The van der Waals surface area contributed by atoms with E-state index in [0.29, 0.717) is 25.5 Å². The number of sulfone groups is 1. The number of hydrogen-bond acceptors (Lipinski definition) is 4. The summed E-state index contributed by atoms with van der Waals surface area (Å²) in [6.45, 7) is 1.48. The fraction of sp³-hybridized carbons (Fsp3) is 0.529. The highest BCUT2D eigenvalue weighted by Crippen LogP contribution is 2.18. The van der Waals surface area contributed by atoms with Gasteiger partial charge in [-0.1, -0.05) is 24.3 Å². The number of amides is 1. The highest BCUT2D eigenvalue weighted by Gasteiger charge is 2.28. The fourth-order valence-corrected chi connectivity index (χ4v) is 4.95. The molecule has 1 atom stereocenters. The lowest BCUT2D eigenvalue weighted by Gasteiger charge is -2.29. The largest absolute Gasteiger partial charge is 0.353 e. The van der Waals surface area contributed by atoms with Crippen LogP contribution in [0.25, 0.3) is 0 Å². The molecule has 8 heteroatoms. The van der Waals surface area contributed by atoms with Gasteiger partial charge in [-0.25, -0.2) is 8.42 Å². The first-order valence-electron chi connectivity index (χ1n) is 8.49. The molecule has 1 saturated heterocycles. The van der Waals surface area contributed by atoms with Crippen LogP contribution in [0.3, 0.4) is 0 Å². The fourth-order valence-electron chi connectivity index (χ4n) is 3.28. The molecule has 3 rings (SSSR count). The predicted molar refractivity (Wildman–Crippen MR) is 97.1 cm³/mol. The molecule has 1 amide bonds. The Morgan fingerprint density at radius 3 is 2.76 bits per heavy atom. The molecule has 0 radical (unpaired) electrons. The lowest BCUT2D eigenvalue weighted by atomic mass is 10.00. The molecular formula is C17H24N4O3S. The van der Waals surface area contributed by atoms with Gasteiger partial charge in [0.05, 0.1) is 18.1 Å². The van der Waals surface area contributed by atoms with Crippen molar-refractivity contribution in [3.8, 4) is 0 Å². The van der Waals surface area contributed by atoms with Crippen LogP contribution in [0, 0.1) is 0 Å². The van der Waals surface area contributed by atoms with Crippen molar-refractivity contribution in [2.24, 2.45) is 4.99 Å². The zero-order chi connectivity index (χ0) is 17.9. The maximum absolute atomic E-state index is 12.5. The zero-order valence-electron chi connectivity index (χ0n) is 14.4. The molecular weight excluding hydrogens is 340 g/mol. The first-order chi connectivity index (χ1) is 12.0. The van der Waals surface area contributed by atoms with E-state index in [1.54, 1.807) is 7.05 Å². The van der Waals surface area contributed by atoms with E-state index < -0.39 is 9.84 Å². The Morgan fingerprint density at radius 2 is 2.08 bits per heavy atom. The maximum Gasteiger partial charge on any atom is 0.242 e. The molecule has 136 valence electrons. The molecule has 1 fully saturated rings. The Hall–Kier alpha value is -2.09. The van der Waals surface area contributed by atoms with Crippen molar-refractivity contribution in [3.63, 3.8) is 0 Å². The number of aliphatic imine (C=N–C) groups is 1. The summed E-state index contributed by atoms with van der Waals surface area (Å²) >= 11 is 0. The summed E-state index contributed by atoms with van der Waals surface area (Å²) in [5, 5.41) is 6.08. The highest BCUT2D eigenvalue weighted by molar-refractivity contribution is 7.91. The summed E-state index contributed by atoms with van der Waals surface area (Å²) in [7, 11) is -1.34. The average molecular weight is 364 g/mol. The van der Waals surface area contributed by atoms with Crippen LogP contribution >= 0.6 is 0 Å². The van der Waals surface area contributed by atoms with E-state index in [-0.39, 0.29) is 30.0 Å². The van der Waals surface area contributed by atoms with Gasteiger partial charge in [0.15, 0.2) is 15.8 Å². The number of hydrogen-bond donors (Lipinski definition) is 2. The quantitative estimate of drug-likeness (QED) is 0.578. The molecule has 0 aliphatic carbocycles. The monoisotopic (exact) mass is 364 g/mol. The van der Waals surface area contributed by atoms with Crippen LogP contribution in [0.15, 0.2) is 29.3 Å². The minimum atomic E-state index is -2.95. The van der Waals surface area contributed by atoms with Gasteiger partial charge in [-0.15, -0.1) is 0 Å². The minimum Gasteiger partial charge on any atom is -0.353 e. The summed E-state index contributed by atoms with van der Waals surface area (Å²) in [6, 6.07) is 8.04. The van der Waals surface area contributed by atoms with Gasteiger partial charge >= 0.3 is 0 Å². The Labute approximate surface area is 148 Å². The van der Waals surface area contributed by atoms with Crippen LogP contribution in [0.2, 0.25) is 0 Å². The lowest BCUT2D eigenvalue weighted by Crippen LogP contribution is -2.48. The lowest BCUT2D eigenvalue weighted by molar-refractivity contribution is -0.130. The van der Waals surface area contributed by atoms with E-state index in [0.717, 1.165) is 6.42 Å². The van der Waals surface area contributed by atoms with Crippen molar-refractivity contribution >= 4 is 21.7 Å². The average Bonchev–Trinajstić information content (AvgIpc) is 2.96. The van der Waals surface area contributed by atoms with Crippen LogP contribution in [-0.2, 0) is 27.6 Å². The second-order valence-corrected chi connectivity index (χ2v) is 8.73. The van der Waals surface area contributed by atoms with E-state index >= 15 is 0 Å². The zero-order valence-corrected chi connectivity index (χ0v) is 15.2. The predicted octanol–water partition coefficient (Wildman–Crippen LogP) is -0.0766. The van der Waals surface area contributed by atoms with Crippen LogP contribution in [-0.4, -0.2) is 62.9 Å². The molecule has 2 aliphatic rings. The highest BCUT2D eigenvalue weighted by atomic mass is 32.2. The van der Waals surface area contributed by atoms with E-state index in [2.05, 4.69) is 27.8 Å². The van der Waals surface area contributed by atoms with Gasteiger partial charge < -0.3 is 15.5 Å². The summed E-state index contributed by atoms with van der Waals surface area (Å²) in [6.07, 6.45) is 1.44. The Kier molecular flexibility index (Phi) is 5.27. The van der Waals surface area contributed by atoms with Crippen molar-refractivity contribution in [2.45, 2.75) is 25.4 Å². The second-order valence-electron chi connectivity index (χ2n) is 6.50. The first-order valence-corrected chi connectivity index (χ1v) is 10.3. The van der Waals surface area contributed by atoms with Gasteiger partial charge in [-0.2, -0.15) is 0 Å². The van der Waals surface area contributed by atoms with Gasteiger partial charge in [-0.3, -0.25) is 9.79 Å². The smallest absolute Gasteiger partial charge is 0.242 e. The number of carbonyl (C=O) groups excluding carboxylic acids is 1.